The van der Waals surface area contributed by atoms with Crippen LogP contribution in [0.15, 0.2) is 59.5 Å². The average molecular weight is 565 g/mol. The topological polar surface area (TPSA) is 113 Å². The summed E-state index contributed by atoms with van der Waals surface area (Å²) in [7, 11) is -3.95. The summed E-state index contributed by atoms with van der Waals surface area (Å²) in [6.07, 6.45) is 0.201. The van der Waals surface area contributed by atoms with Gasteiger partial charge in [-0.3, -0.25) is 4.79 Å². The monoisotopic (exact) mass is 564 g/mol. The van der Waals surface area contributed by atoms with E-state index in [9.17, 15) is 13.2 Å². The minimum atomic E-state index is -3.95. The lowest BCUT2D eigenvalue weighted by molar-refractivity contribution is -0.134. The van der Waals surface area contributed by atoms with Crippen molar-refractivity contribution in [2.45, 2.75) is 24.3 Å². The van der Waals surface area contributed by atoms with Crippen LogP contribution in [0, 0.1) is 6.92 Å². The van der Waals surface area contributed by atoms with E-state index < -0.39 is 16.1 Å². The molecule has 1 N–H and O–H groups in total. The van der Waals surface area contributed by atoms with E-state index in [1.807, 2.05) is 37.3 Å². The number of hydrogen-bond acceptors (Lipinski definition) is 8. The Morgan fingerprint density at radius 3 is 1.69 bits per heavy atom. The van der Waals surface area contributed by atoms with Gasteiger partial charge >= 0.3 is 0 Å². The third-order valence-corrected chi connectivity index (χ3v) is 7.51. The first-order valence-corrected chi connectivity index (χ1v) is 14.7. The SMILES string of the molecule is Cc1ccc(S(=O)(=O)NC(Cc2ccccc2)C(=O)N2CCOCCOCCOCCOCCOCC2)cc1. The second kappa shape index (κ2) is 17.3. The Morgan fingerprint density at radius 1 is 0.744 bits per heavy atom. The fourth-order valence-electron chi connectivity index (χ4n) is 3.89. The second-order valence-electron chi connectivity index (χ2n) is 9.06. The van der Waals surface area contributed by atoms with Crippen molar-refractivity contribution in [2.24, 2.45) is 0 Å². The highest BCUT2D eigenvalue weighted by Gasteiger charge is 2.29. The number of hydrogen-bond donors (Lipinski definition) is 1. The van der Waals surface area contributed by atoms with E-state index in [1.54, 1.807) is 17.0 Å². The van der Waals surface area contributed by atoms with Gasteiger partial charge in [-0.15, -0.1) is 0 Å². The van der Waals surface area contributed by atoms with E-state index in [0.717, 1.165) is 11.1 Å². The molecule has 1 aliphatic rings. The van der Waals surface area contributed by atoms with Crippen molar-refractivity contribution >= 4 is 15.9 Å². The van der Waals surface area contributed by atoms with Crippen LogP contribution in [0.3, 0.4) is 0 Å². The van der Waals surface area contributed by atoms with Gasteiger partial charge < -0.3 is 28.6 Å². The fourth-order valence-corrected chi connectivity index (χ4v) is 5.07. The summed E-state index contributed by atoms with van der Waals surface area (Å²) in [4.78, 5) is 15.5. The number of carbonyl (C=O) groups excluding carboxylic acids is 1. The highest BCUT2D eigenvalue weighted by Crippen LogP contribution is 2.14. The van der Waals surface area contributed by atoms with Crippen LogP contribution in [-0.4, -0.2) is 104 Å². The smallest absolute Gasteiger partial charge is 0.241 e. The maximum atomic E-state index is 13.8. The standard InChI is InChI=1S/C28H40N2O8S/c1-24-7-9-26(10-8-24)39(32,33)29-27(23-25-5-3-2-4-6-25)28(31)30-11-13-34-15-17-36-19-21-38-22-20-37-18-16-35-14-12-30/h2-10,27,29H,11-23H2,1H3. The molecule has 0 spiro atoms. The zero-order chi connectivity index (χ0) is 27.8. The Hall–Kier alpha value is -2.38. The molecule has 11 heteroatoms. The molecule has 1 amide bonds. The molecular formula is C28H40N2O8S. The first-order chi connectivity index (χ1) is 19.0. The summed E-state index contributed by atoms with van der Waals surface area (Å²) in [6, 6.07) is 14.9. The van der Waals surface area contributed by atoms with Crippen molar-refractivity contribution in [1.82, 2.24) is 9.62 Å². The summed E-state index contributed by atoms with van der Waals surface area (Å²) < 4.78 is 56.9. The van der Waals surface area contributed by atoms with Gasteiger partial charge in [0.2, 0.25) is 15.9 Å². The number of amides is 1. The number of nitrogens with zero attached hydrogens (tertiary/aromatic N) is 1. The number of carbonyl (C=O) groups is 1. The summed E-state index contributed by atoms with van der Waals surface area (Å²) in [6.45, 7) is 6.41. The van der Waals surface area contributed by atoms with Gasteiger partial charge in [0.1, 0.15) is 6.04 Å². The lowest BCUT2D eigenvalue weighted by Gasteiger charge is -2.28. The molecule has 1 fully saturated rings. The van der Waals surface area contributed by atoms with Crippen LogP contribution in [0.1, 0.15) is 11.1 Å². The normalized spacial score (nSPS) is 18.5. The van der Waals surface area contributed by atoms with E-state index in [2.05, 4.69) is 4.72 Å². The molecule has 2 aromatic rings. The minimum Gasteiger partial charge on any atom is -0.377 e. The number of ether oxygens (including phenoxy) is 5. The van der Waals surface area contributed by atoms with Crippen LogP contribution in [-0.2, 0) is 44.9 Å². The Labute approximate surface area is 231 Å². The molecule has 2 aromatic carbocycles. The van der Waals surface area contributed by atoms with Crippen molar-refractivity contribution in [2.75, 3.05) is 79.2 Å². The number of sulfonamides is 1. The quantitative estimate of drug-likeness (QED) is 0.566. The van der Waals surface area contributed by atoms with Gasteiger partial charge in [0.25, 0.3) is 0 Å². The Morgan fingerprint density at radius 2 is 1.21 bits per heavy atom. The molecule has 0 aromatic heterocycles. The molecule has 1 atom stereocenters. The van der Waals surface area contributed by atoms with Gasteiger partial charge in [-0.1, -0.05) is 48.0 Å². The lowest BCUT2D eigenvalue weighted by atomic mass is 10.1. The van der Waals surface area contributed by atoms with Crippen molar-refractivity contribution in [1.29, 1.82) is 0 Å². The molecule has 10 nitrogen and oxygen atoms in total. The average Bonchev–Trinajstić information content (AvgIpc) is 2.93. The van der Waals surface area contributed by atoms with Crippen molar-refractivity contribution < 1.29 is 36.9 Å². The first kappa shape index (κ1) is 31.2. The molecule has 1 saturated heterocycles. The summed E-state index contributed by atoms with van der Waals surface area (Å²) in [5.74, 6) is -0.346. The molecular weight excluding hydrogens is 524 g/mol. The number of aryl methyl sites for hydroxylation is 1. The fraction of sp³-hybridized carbons (Fsp3) is 0.536. The molecule has 3 rings (SSSR count). The zero-order valence-electron chi connectivity index (χ0n) is 22.6. The van der Waals surface area contributed by atoms with Crippen LogP contribution >= 0.6 is 0 Å². The van der Waals surface area contributed by atoms with E-state index in [-0.39, 0.29) is 43.5 Å². The molecule has 1 aliphatic heterocycles. The van der Waals surface area contributed by atoms with Gasteiger partial charge in [0.05, 0.1) is 71.0 Å². The van der Waals surface area contributed by atoms with Gasteiger partial charge in [-0.25, -0.2) is 8.42 Å². The number of nitrogens with one attached hydrogen (secondary N) is 1. The van der Waals surface area contributed by atoms with E-state index in [1.165, 1.54) is 12.1 Å². The largest absolute Gasteiger partial charge is 0.377 e. The van der Waals surface area contributed by atoms with E-state index in [4.69, 9.17) is 23.7 Å². The molecule has 1 heterocycles. The van der Waals surface area contributed by atoms with Gasteiger partial charge in [-0.2, -0.15) is 4.72 Å². The van der Waals surface area contributed by atoms with E-state index in [0.29, 0.717) is 52.9 Å². The van der Waals surface area contributed by atoms with Crippen LogP contribution in [0.4, 0.5) is 0 Å². The van der Waals surface area contributed by atoms with E-state index >= 15 is 0 Å². The predicted molar refractivity (Wildman–Crippen MR) is 146 cm³/mol. The highest BCUT2D eigenvalue weighted by molar-refractivity contribution is 7.89. The second-order valence-corrected chi connectivity index (χ2v) is 10.8. The van der Waals surface area contributed by atoms with Crippen LogP contribution in [0.2, 0.25) is 0 Å². The van der Waals surface area contributed by atoms with Crippen LogP contribution < -0.4 is 4.72 Å². The highest BCUT2D eigenvalue weighted by atomic mass is 32.2. The van der Waals surface area contributed by atoms with Gasteiger partial charge in [-0.05, 0) is 31.0 Å². The van der Waals surface area contributed by atoms with Crippen molar-refractivity contribution in [3.8, 4) is 0 Å². The summed E-state index contributed by atoms with van der Waals surface area (Å²) in [5.41, 5.74) is 1.79. The Kier molecular flexibility index (Phi) is 13.9. The summed E-state index contributed by atoms with van der Waals surface area (Å²) >= 11 is 0. The van der Waals surface area contributed by atoms with Crippen molar-refractivity contribution in [3.63, 3.8) is 0 Å². The first-order valence-electron chi connectivity index (χ1n) is 13.3. The molecule has 0 aliphatic carbocycles. The molecule has 0 bridgehead atoms. The summed E-state index contributed by atoms with van der Waals surface area (Å²) in [5, 5.41) is 0. The third-order valence-electron chi connectivity index (χ3n) is 6.02. The Bertz CT molecular complexity index is 1050. The minimum absolute atomic E-state index is 0.107. The predicted octanol–water partition coefficient (Wildman–Crippen LogP) is 1.81. The molecule has 216 valence electrons. The Balaban J connectivity index is 1.72. The van der Waals surface area contributed by atoms with Crippen molar-refractivity contribution in [3.05, 3.63) is 65.7 Å². The lowest BCUT2D eigenvalue weighted by Crippen LogP contribution is -2.51. The van der Waals surface area contributed by atoms with Gasteiger partial charge in [0, 0.05) is 13.1 Å². The van der Waals surface area contributed by atoms with Gasteiger partial charge in [0.15, 0.2) is 0 Å². The molecule has 0 saturated carbocycles. The molecule has 39 heavy (non-hydrogen) atoms. The van der Waals surface area contributed by atoms with Crippen LogP contribution in [0.5, 0.6) is 0 Å². The molecule has 1 unspecified atom stereocenters. The number of rotatable bonds is 6. The van der Waals surface area contributed by atoms with Crippen LogP contribution in [0.25, 0.3) is 0 Å². The maximum absolute atomic E-state index is 13.8. The number of benzene rings is 2. The molecule has 0 radical (unpaired) electrons. The maximum Gasteiger partial charge on any atom is 0.241 e. The third kappa shape index (κ3) is 11.7. The zero-order valence-corrected chi connectivity index (χ0v) is 23.4.